The number of fused-ring (bicyclic) bond motifs is 1. The normalized spacial score (nSPS) is 10.5. The maximum absolute atomic E-state index is 10.6. The lowest BCUT2D eigenvalue weighted by Gasteiger charge is -1.99. The van der Waals surface area contributed by atoms with Crippen LogP contribution in [0.4, 0.5) is 0 Å². The fourth-order valence-corrected chi connectivity index (χ4v) is 1.29. The van der Waals surface area contributed by atoms with Gasteiger partial charge in [0.1, 0.15) is 11.3 Å². The SMILES string of the molecule is O=C(O)c1ccc2[nH]ccc2c1O. The number of carboxylic acid groups (broad SMARTS) is 1. The Kier molecular flexibility index (Phi) is 1.48. The van der Waals surface area contributed by atoms with Gasteiger partial charge in [0.15, 0.2) is 0 Å². The third-order valence-electron chi connectivity index (χ3n) is 1.94. The molecule has 0 atom stereocenters. The number of aromatic nitrogens is 1. The Hall–Kier alpha value is -1.97. The smallest absolute Gasteiger partial charge is 0.339 e. The molecule has 0 saturated carbocycles. The molecular weight excluding hydrogens is 170 g/mol. The Labute approximate surface area is 73.4 Å². The molecule has 1 aromatic carbocycles. The molecule has 2 rings (SSSR count). The Bertz CT molecular complexity index is 473. The van der Waals surface area contributed by atoms with E-state index >= 15 is 0 Å². The summed E-state index contributed by atoms with van der Waals surface area (Å²) < 4.78 is 0. The highest BCUT2D eigenvalue weighted by molar-refractivity contribution is 5.99. The van der Waals surface area contributed by atoms with Crippen molar-refractivity contribution in [3.8, 4) is 5.75 Å². The highest BCUT2D eigenvalue weighted by Crippen LogP contribution is 2.27. The summed E-state index contributed by atoms with van der Waals surface area (Å²) in [5.74, 6) is -1.31. The summed E-state index contributed by atoms with van der Waals surface area (Å²) in [4.78, 5) is 13.5. The minimum atomic E-state index is -1.12. The second kappa shape index (κ2) is 2.52. The van der Waals surface area contributed by atoms with Gasteiger partial charge in [-0.2, -0.15) is 0 Å². The summed E-state index contributed by atoms with van der Waals surface area (Å²) >= 11 is 0. The lowest BCUT2D eigenvalue weighted by molar-refractivity contribution is 0.0694. The van der Waals surface area contributed by atoms with Crippen LogP contribution in [0.25, 0.3) is 10.9 Å². The maximum atomic E-state index is 10.6. The van der Waals surface area contributed by atoms with Crippen molar-refractivity contribution in [1.29, 1.82) is 0 Å². The predicted octanol–water partition coefficient (Wildman–Crippen LogP) is 1.57. The number of H-pyrrole nitrogens is 1. The topological polar surface area (TPSA) is 73.3 Å². The molecule has 0 aliphatic heterocycles. The van der Waals surface area contributed by atoms with E-state index in [-0.39, 0.29) is 11.3 Å². The number of rotatable bonds is 1. The highest BCUT2D eigenvalue weighted by atomic mass is 16.4. The average molecular weight is 177 g/mol. The largest absolute Gasteiger partial charge is 0.506 e. The van der Waals surface area contributed by atoms with Crippen LogP contribution in [0, 0.1) is 0 Å². The summed E-state index contributed by atoms with van der Waals surface area (Å²) in [5, 5.41) is 18.7. The number of aromatic carboxylic acids is 1. The first-order valence-corrected chi connectivity index (χ1v) is 3.72. The number of carbonyl (C=O) groups is 1. The number of hydrogen-bond acceptors (Lipinski definition) is 2. The van der Waals surface area contributed by atoms with Gasteiger partial charge in [0.05, 0.1) is 0 Å². The molecule has 4 heteroatoms. The molecule has 1 aromatic heterocycles. The van der Waals surface area contributed by atoms with E-state index in [1.165, 1.54) is 6.07 Å². The monoisotopic (exact) mass is 177 g/mol. The number of carboxylic acids is 1. The van der Waals surface area contributed by atoms with Gasteiger partial charge in [0.25, 0.3) is 0 Å². The van der Waals surface area contributed by atoms with Gasteiger partial charge in [0.2, 0.25) is 0 Å². The molecule has 0 saturated heterocycles. The lowest BCUT2D eigenvalue weighted by Crippen LogP contribution is -1.96. The van der Waals surface area contributed by atoms with Crippen LogP contribution in [-0.2, 0) is 0 Å². The summed E-state index contributed by atoms with van der Waals surface area (Å²) in [5.41, 5.74) is 0.648. The molecule has 13 heavy (non-hydrogen) atoms. The van der Waals surface area contributed by atoms with Crippen molar-refractivity contribution in [2.24, 2.45) is 0 Å². The number of hydrogen-bond donors (Lipinski definition) is 3. The molecule has 0 amide bonds. The van der Waals surface area contributed by atoms with Crippen LogP contribution in [0.1, 0.15) is 10.4 Å². The highest BCUT2D eigenvalue weighted by Gasteiger charge is 2.12. The Morgan fingerprint density at radius 3 is 2.77 bits per heavy atom. The Morgan fingerprint density at radius 1 is 1.31 bits per heavy atom. The van der Waals surface area contributed by atoms with Gasteiger partial charge in [-0.05, 0) is 18.2 Å². The quantitative estimate of drug-likeness (QED) is 0.619. The molecule has 66 valence electrons. The fourth-order valence-electron chi connectivity index (χ4n) is 1.29. The second-order valence-corrected chi connectivity index (χ2v) is 2.71. The third-order valence-corrected chi connectivity index (χ3v) is 1.94. The summed E-state index contributed by atoms with van der Waals surface area (Å²) in [6.07, 6.45) is 1.65. The van der Waals surface area contributed by atoms with Crippen LogP contribution in [-0.4, -0.2) is 21.2 Å². The second-order valence-electron chi connectivity index (χ2n) is 2.71. The molecule has 4 nitrogen and oxygen atoms in total. The van der Waals surface area contributed by atoms with Gasteiger partial charge >= 0.3 is 5.97 Å². The van der Waals surface area contributed by atoms with E-state index in [9.17, 15) is 9.90 Å². The molecule has 2 aromatic rings. The number of aromatic amines is 1. The molecule has 0 aliphatic rings. The fraction of sp³-hybridized carbons (Fsp3) is 0. The van der Waals surface area contributed by atoms with E-state index in [0.29, 0.717) is 5.39 Å². The summed E-state index contributed by atoms with van der Waals surface area (Å²) in [6.45, 7) is 0. The van der Waals surface area contributed by atoms with Crippen LogP contribution in [0.15, 0.2) is 24.4 Å². The van der Waals surface area contributed by atoms with Crippen LogP contribution in [0.2, 0.25) is 0 Å². The van der Waals surface area contributed by atoms with Crippen LogP contribution >= 0.6 is 0 Å². The number of phenols is 1. The molecule has 0 aliphatic carbocycles. The molecule has 0 spiro atoms. The van der Waals surface area contributed by atoms with E-state index < -0.39 is 5.97 Å². The van der Waals surface area contributed by atoms with Gasteiger partial charge < -0.3 is 15.2 Å². The van der Waals surface area contributed by atoms with Crippen molar-refractivity contribution in [3.63, 3.8) is 0 Å². The van der Waals surface area contributed by atoms with Crippen LogP contribution in [0.3, 0.4) is 0 Å². The van der Waals surface area contributed by atoms with Crippen molar-refractivity contribution >= 4 is 16.9 Å². The molecule has 0 radical (unpaired) electrons. The van der Waals surface area contributed by atoms with Crippen LogP contribution < -0.4 is 0 Å². The number of nitrogens with one attached hydrogen (secondary N) is 1. The molecule has 0 fully saturated rings. The van der Waals surface area contributed by atoms with Crippen LogP contribution in [0.5, 0.6) is 5.75 Å². The van der Waals surface area contributed by atoms with Crippen molar-refractivity contribution in [2.45, 2.75) is 0 Å². The number of aromatic hydroxyl groups is 1. The van der Waals surface area contributed by atoms with Gasteiger partial charge in [-0.1, -0.05) is 0 Å². The van der Waals surface area contributed by atoms with E-state index in [0.717, 1.165) is 5.52 Å². The summed E-state index contributed by atoms with van der Waals surface area (Å²) in [7, 11) is 0. The first kappa shape index (κ1) is 7.67. The first-order valence-electron chi connectivity index (χ1n) is 3.72. The van der Waals surface area contributed by atoms with E-state index in [4.69, 9.17) is 5.11 Å². The zero-order valence-corrected chi connectivity index (χ0v) is 6.61. The minimum absolute atomic E-state index is 0.0768. The summed E-state index contributed by atoms with van der Waals surface area (Å²) in [6, 6.07) is 4.63. The predicted molar refractivity (Wildman–Crippen MR) is 46.9 cm³/mol. The van der Waals surface area contributed by atoms with E-state index in [1.807, 2.05) is 0 Å². The molecule has 1 heterocycles. The van der Waals surface area contributed by atoms with Gasteiger partial charge in [-0.3, -0.25) is 0 Å². The van der Waals surface area contributed by atoms with Crippen molar-refractivity contribution in [3.05, 3.63) is 30.0 Å². The molecule has 3 N–H and O–H groups in total. The van der Waals surface area contributed by atoms with Gasteiger partial charge in [0, 0.05) is 17.1 Å². The van der Waals surface area contributed by atoms with Gasteiger partial charge in [-0.25, -0.2) is 4.79 Å². The average Bonchev–Trinajstić information content (AvgIpc) is 2.52. The zero-order valence-electron chi connectivity index (χ0n) is 6.61. The maximum Gasteiger partial charge on any atom is 0.339 e. The third kappa shape index (κ3) is 1.03. The van der Waals surface area contributed by atoms with E-state index in [1.54, 1.807) is 18.3 Å². The standard InChI is InChI=1S/C9H7NO3/c11-8-5-3-4-10-7(5)2-1-6(8)9(12)13/h1-4,10-11H,(H,12,13). The van der Waals surface area contributed by atoms with Crippen molar-refractivity contribution in [2.75, 3.05) is 0 Å². The lowest BCUT2D eigenvalue weighted by atomic mass is 10.1. The Morgan fingerprint density at radius 2 is 2.08 bits per heavy atom. The van der Waals surface area contributed by atoms with Gasteiger partial charge in [-0.15, -0.1) is 0 Å². The van der Waals surface area contributed by atoms with Crippen molar-refractivity contribution in [1.82, 2.24) is 4.98 Å². The Balaban J connectivity index is 2.80. The van der Waals surface area contributed by atoms with Crippen molar-refractivity contribution < 1.29 is 15.0 Å². The number of benzene rings is 1. The first-order chi connectivity index (χ1) is 6.20. The molecular formula is C9H7NO3. The molecule has 0 bridgehead atoms. The molecule has 0 unspecified atom stereocenters. The minimum Gasteiger partial charge on any atom is -0.506 e. The van der Waals surface area contributed by atoms with E-state index in [2.05, 4.69) is 4.98 Å². The zero-order chi connectivity index (χ0) is 9.42.